The quantitative estimate of drug-likeness (QED) is 0.619. The van der Waals surface area contributed by atoms with Crippen molar-refractivity contribution < 1.29 is 0 Å². The first kappa shape index (κ1) is 18.8. The lowest BCUT2D eigenvalue weighted by molar-refractivity contribution is 0.277. The third-order valence-corrected chi connectivity index (χ3v) is 4.29. The Balaban J connectivity index is 1.95. The molecule has 0 unspecified atom stereocenters. The van der Waals surface area contributed by atoms with Crippen LogP contribution in [0.25, 0.3) is 0 Å². The van der Waals surface area contributed by atoms with Crippen LogP contribution in [0.2, 0.25) is 0 Å². The highest BCUT2D eigenvalue weighted by Gasteiger charge is 2.09. The second kappa shape index (κ2) is 10.3. The van der Waals surface area contributed by atoms with Gasteiger partial charge in [-0.2, -0.15) is 0 Å². The molecule has 24 heavy (non-hydrogen) atoms. The van der Waals surface area contributed by atoms with Gasteiger partial charge in [0.05, 0.1) is 6.54 Å². The van der Waals surface area contributed by atoms with Gasteiger partial charge >= 0.3 is 0 Å². The van der Waals surface area contributed by atoms with Crippen molar-refractivity contribution >= 4 is 5.96 Å². The first-order valence-corrected chi connectivity index (χ1v) is 9.52. The third-order valence-electron chi connectivity index (χ3n) is 4.29. The molecular formula is C20H34N4. The summed E-state index contributed by atoms with van der Waals surface area (Å²) >= 11 is 0. The summed E-state index contributed by atoms with van der Waals surface area (Å²) in [6, 6.07) is 9.29. The van der Waals surface area contributed by atoms with Gasteiger partial charge in [-0.3, -0.25) is 4.90 Å². The highest BCUT2D eigenvalue weighted by Crippen LogP contribution is 2.14. The molecule has 1 aromatic rings. The van der Waals surface area contributed by atoms with E-state index < -0.39 is 0 Å². The van der Waals surface area contributed by atoms with E-state index in [1.807, 2.05) is 0 Å². The van der Waals surface area contributed by atoms with E-state index in [2.05, 4.69) is 60.6 Å². The number of aliphatic imine (C=N–C) groups is 1. The maximum atomic E-state index is 4.71. The number of nitrogens with one attached hydrogen (secondary N) is 2. The summed E-state index contributed by atoms with van der Waals surface area (Å²) in [6.45, 7) is 11.5. The zero-order valence-electron chi connectivity index (χ0n) is 15.6. The van der Waals surface area contributed by atoms with E-state index in [0.717, 1.165) is 25.6 Å². The highest BCUT2D eigenvalue weighted by molar-refractivity contribution is 5.79. The van der Waals surface area contributed by atoms with Crippen molar-refractivity contribution in [3.8, 4) is 0 Å². The topological polar surface area (TPSA) is 39.7 Å². The van der Waals surface area contributed by atoms with Gasteiger partial charge in [0.1, 0.15) is 0 Å². The predicted octanol–water partition coefficient (Wildman–Crippen LogP) is 3.53. The standard InChI is InChI=1S/C20H34N4/c1-4-21-20(23-17(2)3)22-15-18-10-9-11-19(14-18)16-24-12-7-5-6-8-13-24/h9-11,14,17H,4-8,12-13,15-16H2,1-3H3,(H2,21,22,23). The fourth-order valence-corrected chi connectivity index (χ4v) is 3.14. The number of likely N-dealkylation sites (tertiary alicyclic amines) is 1. The number of nitrogens with zero attached hydrogens (tertiary/aromatic N) is 2. The number of hydrogen-bond donors (Lipinski definition) is 2. The van der Waals surface area contributed by atoms with Gasteiger partial charge in [0.15, 0.2) is 5.96 Å². The summed E-state index contributed by atoms with van der Waals surface area (Å²) in [4.78, 5) is 7.30. The Morgan fingerprint density at radius 2 is 1.83 bits per heavy atom. The van der Waals surface area contributed by atoms with Crippen LogP contribution < -0.4 is 10.6 Å². The van der Waals surface area contributed by atoms with E-state index in [9.17, 15) is 0 Å². The van der Waals surface area contributed by atoms with Gasteiger partial charge in [-0.1, -0.05) is 37.1 Å². The van der Waals surface area contributed by atoms with Crippen LogP contribution in [0.15, 0.2) is 29.3 Å². The third kappa shape index (κ3) is 6.91. The van der Waals surface area contributed by atoms with Crippen molar-refractivity contribution in [3.05, 3.63) is 35.4 Å². The fraction of sp³-hybridized carbons (Fsp3) is 0.650. The highest BCUT2D eigenvalue weighted by atomic mass is 15.2. The van der Waals surface area contributed by atoms with Crippen LogP contribution in [0, 0.1) is 0 Å². The number of hydrogen-bond acceptors (Lipinski definition) is 2. The molecule has 0 aromatic heterocycles. The minimum Gasteiger partial charge on any atom is -0.357 e. The SMILES string of the molecule is CCNC(=NCc1cccc(CN2CCCCCC2)c1)NC(C)C. The molecule has 0 spiro atoms. The molecule has 1 heterocycles. The van der Waals surface area contributed by atoms with Gasteiger partial charge in [-0.15, -0.1) is 0 Å². The minimum atomic E-state index is 0.386. The molecule has 0 bridgehead atoms. The predicted molar refractivity (Wildman–Crippen MR) is 103 cm³/mol. The number of rotatable bonds is 6. The summed E-state index contributed by atoms with van der Waals surface area (Å²) in [5.41, 5.74) is 2.69. The van der Waals surface area contributed by atoms with Crippen molar-refractivity contribution in [1.29, 1.82) is 0 Å². The van der Waals surface area contributed by atoms with Crippen LogP contribution in [0.3, 0.4) is 0 Å². The molecule has 1 aliphatic rings. The Morgan fingerprint density at radius 1 is 1.12 bits per heavy atom. The molecule has 134 valence electrons. The van der Waals surface area contributed by atoms with E-state index in [1.54, 1.807) is 0 Å². The second-order valence-corrected chi connectivity index (χ2v) is 7.00. The van der Waals surface area contributed by atoms with E-state index in [4.69, 9.17) is 4.99 Å². The van der Waals surface area contributed by atoms with E-state index >= 15 is 0 Å². The lowest BCUT2D eigenvalue weighted by Crippen LogP contribution is -2.41. The van der Waals surface area contributed by atoms with Gasteiger partial charge < -0.3 is 10.6 Å². The Kier molecular flexibility index (Phi) is 8.10. The zero-order valence-corrected chi connectivity index (χ0v) is 15.6. The normalized spacial score (nSPS) is 16.9. The number of benzene rings is 1. The lowest BCUT2D eigenvalue weighted by Gasteiger charge is -2.20. The van der Waals surface area contributed by atoms with E-state index in [0.29, 0.717) is 6.04 Å². The molecule has 1 aliphatic heterocycles. The van der Waals surface area contributed by atoms with Crippen LogP contribution in [-0.4, -0.2) is 36.5 Å². The van der Waals surface area contributed by atoms with Crippen molar-refractivity contribution in [2.24, 2.45) is 4.99 Å². The Bertz CT molecular complexity index is 502. The summed E-state index contributed by atoms with van der Waals surface area (Å²) in [5, 5.41) is 6.67. The maximum absolute atomic E-state index is 4.71. The van der Waals surface area contributed by atoms with Crippen molar-refractivity contribution in [2.75, 3.05) is 19.6 Å². The molecule has 2 N–H and O–H groups in total. The Morgan fingerprint density at radius 3 is 2.50 bits per heavy atom. The van der Waals surface area contributed by atoms with Crippen molar-refractivity contribution in [2.45, 2.75) is 65.6 Å². The molecule has 0 radical (unpaired) electrons. The minimum absolute atomic E-state index is 0.386. The van der Waals surface area contributed by atoms with Gasteiger partial charge in [0, 0.05) is 19.1 Å². The number of guanidine groups is 1. The summed E-state index contributed by atoms with van der Waals surface area (Å²) in [7, 11) is 0. The molecule has 1 aromatic carbocycles. The molecule has 0 aliphatic carbocycles. The largest absolute Gasteiger partial charge is 0.357 e. The molecule has 4 heteroatoms. The summed E-state index contributed by atoms with van der Waals surface area (Å²) in [5.74, 6) is 0.894. The fourth-order valence-electron chi connectivity index (χ4n) is 3.14. The van der Waals surface area contributed by atoms with Gasteiger partial charge in [-0.25, -0.2) is 4.99 Å². The summed E-state index contributed by atoms with van der Waals surface area (Å²) in [6.07, 6.45) is 5.47. The van der Waals surface area contributed by atoms with Crippen molar-refractivity contribution in [1.82, 2.24) is 15.5 Å². The molecule has 2 rings (SSSR count). The summed E-state index contributed by atoms with van der Waals surface area (Å²) < 4.78 is 0. The van der Waals surface area contributed by atoms with Gasteiger partial charge in [0.2, 0.25) is 0 Å². The first-order valence-electron chi connectivity index (χ1n) is 9.52. The van der Waals surface area contributed by atoms with E-state index in [1.165, 1.54) is 49.9 Å². The zero-order chi connectivity index (χ0) is 17.2. The Hall–Kier alpha value is -1.55. The monoisotopic (exact) mass is 330 g/mol. The molecule has 1 saturated heterocycles. The molecule has 0 atom stereocenters. The van der Waals surface area contributed by atoms with Gasteiger partial charge in [0.25, 0.3) is 0 Å². The second-order valence-electron chi connectivity index (χ2n) is 7.00. The van der Waals surface area contributed by atoms with Crippen LogP contribution in [-0.2, 0) is 13.1 Å². The Labute approximate surface area is 147 Å². The van der Waals surface area contributed by atoms with Gasteiger partial charge in [-0.05, 0) is 57.8 Å². The van der Waals surface area contributed by atoms with Crippen LogP contribution >= 0.6 is 0 Å². The smallest absolute Gasteiger partial charge is 0.191 e. The molecule has 4 nitrogen and oxygen atoms in total. The average molecular weight is 331 g/mol. The molecule has 1 fully saturated rings. The van der Waals surface area contributed by atoms with Crippen molar-refractivity contribution in [3.63, 3.8) is 0 Å². The lowest BCUT2D eigenvalue weighted by atomic mass is 10.1. The van der Waals surface area contributed by atoms with Crippen LogP contribution in [0.1, 0.15) is 57.6 Å². The molecular weight excluding hydrogens is 296 g/mol. The molecule has 0 amide bonds. The average Bonchev–Trinajstić information content (AvgIpc) is 2.81. The molecule has 0 saturated carbocycles. The van der Waals surface area contributed by atoms with Crippen LogP contribution in [0.4, 0.5) is 0 Å². The first-order chi connectivity index (χ1) is 11.7. The maximum Gasteiger partial charge on any atom is 0.191 e. The van der Waals surface area contributed by atoms with Crippen LogP contribution in [0.5, 0.6) is 0 Å². The van der Waals surface area contributed by atoms with E-state index in [-0.39, 0.29) is 0 Å².